The maximum atomic E-state index is 12.6. The molecule has 2 aromatic rings. The molecule has 2 N–H and O–H groups in total. The number of ether oxygens (including phenoxy) is 2. The molecule has 7 nitrogen and oxygen atoms in total. The average Bonchev–Trinajstić information content (AvgIpc) is 2.60. The number of aromatic nitrogens is 2. The van der Waals surface area contributed by atoms with Crippen LogP contribution < -0.4 is 20.1 Å². The van der Waals surface area contributed by atoms with Crippen LogP contribution in [-0.2, 0) is 0 Å². The predicted octanol–water partition coefficient (Wildman–Crippen LogP) is 3.51. The van der Waals surface area contributed by atoms with Gasteiger partial charge in [-0.05, 0) is 37.5 Å². The highest BCUT2D eigenvalue weighted by Gasteiger charge is 2.14. The first-order chi connectivity index (χ1) is 12.4. The summed E-state index contributed by atoms with van der Waals surface area (Å²) in [4.78, 5) is 21.3. The van der Waals surface area contributed by atoms with Crippen molar-refractivity contribution in [2.24, 2.45) is 5.92 Å². The molecule has 1 amide bonds. The molecular weight excluding hydrogens is 332 g/mol. The van der Waals surface area contributed by atoms with E-state index in [-0.39, 0.29) is 11.6 Å². The highest BCUT2D eigenvalue weighted by atomic mass is 16.5. The Labute approximate surface area is 154 Å². The molecule has 0 aliphatic heterocycles. The molecule has 0 fully saturated rings. The number of anilines is 2. The molecule has 1 heterocycles. The fraction of sp³-hybridized carbons (Fsp3) is 0.421. The molecule has 0 atom stereocenters. The first-order valence-corrected chi connectivity index (χ1v) is 8.56. The van der Waals surface area contributed by atoms with Crippen molar-refractivity contribution in [1.29, 1.82) is 0 Å². The number of carbonyl (C=O) groups is 1. The van der Waals surface area contributed by atoms with Gasteiger partial charge in [-0.2, -0.15) is 0 Å². The second-order valence-corrected chi connectivity index (χ2v) is 6.35. The van der Waals surface area contributed by atoms with E-state index < -0.39 is 0 Å². The Morgan fingerprint density at radius 3 is 2.58 bits per heavy atom. The Balaban J connectivity index is 2.18. The number of nitrogens with zero attached hydrogens (tertiary/aromatic N) is 2. The summed E-state index contributed by atoms with van der Waals surface area (Å²) < 4.78 is 10.5. The largest absolute Gasteiger partial charge is 0.497 e. The van der Waals surface area contributed by atoms with Crippen molar-refractivity contribution in [3.05, 3.63) is 35.7 Å². The third-order valence-corrected chi connectivity index (χ3v) is 3.75. The van der Waals surface area contributed by atoms with E-state index in [2.05, 4.69) is 34.4 Å². The summed E-state index contributed by atoms with van der Waals surface area (Å²) >= 11 is 0. The number of carbonyl (C=O) groups excluding carboxylic acids is 1. The molecule has 0 saturated heterocycles. The van der Waals surface area contributed by atoms with Crippen LogP contribution in [0.3, 0.4) is 0 Å². The van der Waals surface area contributed by atoms with Gasteiger partial charge in [0.1, 0.15) is 17.2 Å². The first-order valence-electron chi connectivity index (χ1n) is 8.56. The van der Waals surface area contributed by atoms with Crippen LogP contribution >= 0.6 is 0 Å². The Kier molecular flexibility index (Phi) is 6.77. The fourth-order valence-electron chi connectivity index (χ4n) is 2.33. The third kappa shape index (κ3) is 5.34. The monoisotopic (exact) mass is 358 g/mol. The van der Waals surface area contributed by atoms with Crippen LogP contribution in [0.25, 0.3) is 0 Å². The van der Waals surface area contributed by atoms with Crippen LogP contribution in [0, 0.1) is 12.8 Å². The van der Waals surface area contributed by atoms with E-state index in [1.807, 2.05) is 6.92 Å². The quantitative estimate of drug-likeness (QED) is 0.751. The lowest BCUT2D eigenvalue weighted by molar-refractivity contribution is 0.102. The molecule has 1 aromatic carbocycles. The summed E-state index contributed by atoms with van der Waals surface area (Å²) in [5.41, 5.74) is 1.52. The minimum Gasteiger partial charge on any atom is -0.497 e. The molecular formula is C19H26N4O3. The first kappa shape index (κ1) is 19.5. The number of aryl methyl sites for hydroxylation is 1. The van der Waals surface area contributed by atoms with Crippen molar-refractivity contribution in [2.45, 2.75) is 27.2 Å². The van der Waals surface area contributed by atoms with Crippen LogP contribution in [-0.4, -0.2) is 36.6 Å². The summed E-state index contributed by atoms with van der Waals surface area (Å²) in [7, 11) is 3.11. The minimum absolute atomic E-state index is 0.286. The lowest BCUT2D eigenvalue weighted by atomic mass is 10.1. The summed E-state index contributed by atoms with van der Waals surface area (Å²) in [6.45, 7) is 6.89. The van der Waals surface area contributed by atoms with Crippen LogP contribution in [0.4, 0.5) is 11.6 Å². The number of nitrogens with one attached hydrogen (secondary N) is 2. The zero-order chi connectivity index (χ0) is 19.1. The molecule has 26 heavy (non-hydrogen) atoms. The summed E-state index contributed by atoms with van der Waals surface area (Å²) in [6, 6.07) is 6.85. The molecule has 1 aromatic heterocycles. The normalized spacial score (nSPS) is 10.5. The highest BCUT2D eigenvalue weighted by Crippen LogP contribution is 2.29. The van der Waals surface area contributed by atoms with Crippen molar-refractivity contribution >= 4 is 17.5 Å². The van der Waals surface area contributed by atoms with Gasteiger partial charge >= 0.3 is 0 Å². The fourth-order valence-corrected chi connectivity index (χ4v) is 2.33. The van der Waals surface area contributed by atoms with E-state index in [4.69, 9.17) is 9.47 Å². The van der Waals surface area contributed by atoms with Crippen molar-refractivity contribution in [1.82, 2.24) is 9.97 Å². The predicted molar refractivity (Wildman–Crippen MR) is 102 cm³/mol. The van der Waals surface area contributed by atoms with Gasteiger partial charge in [0.2, 0.25) is 5.95 Å². The van der Waals surface area contributed by atoms with Gasteiger partial charge in [-0.3, -0.25) is 4.79 Å². The molecule has 140 valence electrons. The zero-order valence-electron chi connectivity index (χ0n) is 15.9. The number of hydrogen-bond acceptors (Lipinski definition) is 6. The molecule has 0 spiro atoms. The standard InChI is InChI=1S/C19H26N4O3/c1-12(2)8-9-20-19-21-13(3)10-16(23-19)18(24)22-15-11-14(25-4)6-7-17(15)26-5/h6-7,10-12H,8-9H2,1-5H3,(H,22,24)(H,20,21,23). The Morgan fingerprint density at radius 1 is 1.15 bits per heavy atom. The summed E-state index contributed by atoms with van der Waals surface area (Å²) in [5.74, 6) is 1.86. The van der Waals surface area contributed by atoms with Gasteiger partial charge < -0.3 is 20.1 Å². The average molecular weight is 358 g/mol. The van der Waals surface area contributed by atoms with E-state index >= 15 is 0 Å². The van der Waals surface area contributed by atoms with Gasteiger partial charge in [-0.15, -0.1) is 0 Å². The Hall–Kier alpha value is -2.83. The van der Waals surface area contributed by atoms with Gasteiger partial charge in [-0.25, -0.2) is 9.97 Å². The molecule has 0 bridgehead atoms. The molecule has 2 rings (SSSR count). The van der Waals surface area contributed by atoms with E-state index in [1.165, 1.54) is 0 Å². The van der Waals surface area contributed by atoms with Crippen molar-refractivity contribution in [3.8, 4) is 11.5 Å². The number of rotatable bonds is 8. The van der Waals surface area contributed by atoms with Crippen molar-refractivity contribution < 1.29 is 14.3 Å². The lowest BCUT2D eigenvalue weighted by Crippen LogP contribution is -2.17. The maximum absolute atomic E-state index is 12.6. The molecule has 0 aliphatic rings. The summed E-state index contributed by atoms with van der Waals surface area (Å²) in [5, 5.41) is 5.99. The van der Waals surface area contributed by atoms with Crippen molar-refractivity contribution in [3.63, 3.8) is 0 Å². The Morgan fingerprint density at radius 2 is 1.92 bits per heavy atom. The lowest BCUT2D eigenvalue weighted by Gasteiger charge is -2.12. The van der Waals surface area contributed by atoms with E-state index in [1.54, 1.807) is 38.5 Å². The van der Waals surface area contributed by atoms with Crippen LogP contribution in [0.1, 0.15) is 36.5 Å². The van der Waals surface area contributed by atoms with Crippen LogP contribution in [0.2, 0.25) is 0 Å². The summed E-state index contributed by atoms with van der Waals surface area (Å²) in [6.07, 6.45) is 1.000. The molecule has 0 unspecified atom stereocenters. The van der Waals surface area contributed by atoms with Gasteiger partial charge in [0.05, 0.1) is 19.9 Å². The van der Waals surface area contributed by atoms with E-state index in [9.17, 15) is 4.79 Å². The number of amides is 1. The second kappa shape index (κ2) is 9.03. The third-order valence-electron chi connectivity index (χ3n) is 3.75. The SMILES string of the molecule is COc1ccc(OC)c(NC(=O)c2cc(C)nc(NCCC(C)C)n2)c1. The minimum atomic E-state index is -0.339. The second-order valence-electron chi connectivity index (χ2n) is 6.35. The Bertz CT molecular complexity index is 762. The molecule has 7 heteroatoms. The van der Waals surface area contributed by atoms with Crippen LogP contribution in [0.5, 0.6) is 11.5 Å². The molecule has 0 aliphatic carbocycles. The van der Waals surface area contributed by atoms with Crippen LogP contribution in [0.15, 0.2) is 24.3 Å². The maximum Gasteiger partial charge on any atom is 0.274 e. The molecule has 0 saturated carbocycles. The number of hydrogen-bond donors (Lipinski definition) is 2. The van der Waals surface area contributed by atoms with Gasteiger partial charge in [-0.1, -0.05) is 13.8 Å². The van der Waals surface area contributed by atoms with Crippen molar-refractivity contribution in [2.75, 3.05) is 31.4 Å². The highest BCUT2D eigenvalue weighted by molar-refractivity contribution is 6.04. The number of benzene rings is 1. The number of methoxy groups -OCH3 is 2. The van der Waals surface area contributed by atoms with Gasteiger partial charge in [0, 0.05) is 18.3 Å². The smallest absolute Gasteiger partial charge is 0.274 e. The van der Waals surface area contributed by atoms with E-state index in [0.717, 1.165) is 18.7 Å². The molecule has 0 radical (unpaired) electrons. The van der Waals surface area contributed by atoms with Gasteiger partial charge in [0.15, 0.2) is 0 Å². The van der Waals surface area contributed by atoms with E-state index in [0.29, 0.717) is 29.1 Å². The topological polar surface area (TPSA) is 85.4 Å². The zero-order valence-corrected chi connectivity index (χ0v) is 15.9. The van der Waals surface area contributed by atoms with Gasteiger partial charge in [0.25, 0.3) is 5.91 Å².